The molecule has 0 aliphatic heterocycles. The lowest BCUT2D eigenvalue weighted by atomic mass is 10.1. The highest BCUT2D eigenvalue weighted by Gasteiger charge is 2.22. The second-order valence-electron chi connectivity index (χ2n) is 2.50. The van der Waals surface area contributed by atoms with Gasteiger partial charge in [0.15, 0.2) is 0 Å². The van der Waals surface area contributed by atoms with Crippen molar-refractivity contribution in [2.24, 2.45) is 0 Å². The highest BCUT2D eigenvalue weighted by molar-refractivity contribution is 5.67. The number of hydrogen-bond acceptors (Lipinski definition) is 2. The molecular weight excluding hydrogens is 128 g/mol. The van der Waals surface area contributed by atoms with Gasteiger partial charge in [-0.25, -0.2) is 0 Å². The average molecular weight is 138 g/mol. The van der Waals surface area contributed by atoms with Gasteiger partial charge in [0.2, 0.25) is 0 Å². The lowest BCUT2D eigenvalue weighted by molar-refractivity contribution is -0.147. The molecule has 0 saturated carbocycles. The number of allylic oxidation sites excluding steroid dienone is 2. The Balaban J connectivity index is 2.62. The molecule has 0 amide bonds. The first kappa shape index (κ1) is 7.06. The van der Waals surface area contributed by atoms with Crippen LogP contribution in [0.15, 0.2) is 24.3 Å². The summed E-state index contributed by atoms with van der Waals surface area (Å²) in [6, 6.07) is 0. The standard InChI is InChI=1S/C8H10O2/c1-7(9)10-8(2)5-3-4-6-8/h3-6H,1-2H3. The van der Waals surface area contributed by atoms with Crippen LogP contribution in [0.4, 0.5) is 0 Å². The van der Waals surface area contributed by atoms with E-state index in [0.717, 1.165) is 0 Å². The molecule has 10 heavy (non-hydrogen) atoms. The van der Waals surface area contributed by atoms with Gasteiger partial charge in [0.05, 0.1) is 0 Å². The molecule has 54 valence electrons. The maximum Gasteiger partial charge on any atom is 0.303 e. The monoisotopic (exact) mass is 138 g/mol. The second-order valence-corrected chi connectivity index (χ2v) is 2.50. The fourth-order valence-electron chi connectivity index (χ4n) is 0.927. The van der Waals surface area contributed by atoms with Crippen molar-refractivity contribution in [2.45, 2.75) is 19.4 Å². The maximum atomic E-state index is 10.5. The van der Waals surface area contributed by atoms with Gasteiger partial charge in [-0.3, -0.25) is 4.79 Å². The number of rotatable bonds is 1. The first-order chi connectivity index (χ1) is 4.62. The van der Waals surface area contributed by atoms with Crippen LogP contribution >= 0.6 is 0 Å². The Labute approximate surface area is 60.2 Å². The molecule has 0 bridgehead atoms. The van der Waals surface area contributed by atoms with Gasteiger partial charge in [-0.1, -0.05) is 12.2 Å². The van der Waals surface area contributed by atoms with Crippen molar-refractivity contribution in [1.82, 2.24) is 0 Å². The predicted molar refractivity (Wildman–Crippen MR) is 38.5 cm³/mol. The fourth-order valence-corrected chi connectivity index (χ4v) is 0.927. The minimum Gasteiger partial charge on any atom is -0.451 e. The third-order valence-corrected chi connectivity index (χ3v) is 1.33. The molecule has 0 aromatic carbocycles. The van der Waals surface area contributed by atoms with Crippen molar-refractivity contribution < 1.29 is 9.53 Å². The number of carbonyl (C=O) groups is 1. The van der Waals surface area contributed by atoms with E-state index in [1.165, 1.54) is 6.92 Å². The van der Waals surface area contributed by atoms with E-state index >= 15 is 0 Å². The summed E-state index contributed by atoms with van der Waals surface area (Å²) >= 11 is 0. The molecule has 1 rings (SSSR count). The van der Waals surface area contributed by atoms with Crippen molar-refractivity contribution in [3.05, 3.63) is 24.3 Å². The molecular formula is C8H10O2. The predicted octanol–water partition coefficient (Wildman–Crippen LogP) is 1.43. The molecule has 2 nitrogen and oxygen atoms in total. The summed E-state index contributed by atoms with van der Waals surface area (Å²) < 4.78 is 4.99. The van der Waals surface area contributed by atoms with Crippen LogP contribution in [0, 0.1) is 0 Å². The Kier molecular flexibility index (Phi) is 1.62. The van der Waals surface area contributed by atoms with Crippen LogP contribution in [0.25, 0.3) is 0 Å². The lowest BCUT2D eigenvalue weighted by Gasteiger charge is -2.18. The Morgan fingerprint density at radius 3 is 2.30 bits per heavy atom. The van der Waals surface area contributed by atoms with Crippen molar-refractivity contribution in [3.63, 3.8) is 0 Å². The molecule has 0 radical (unpaired) electrons. The zero-order valence-corrected chi connectivity index (χ0v) is 6.13. The highest BCUT2D eigenvalue weighted by Crippen LogP contribution is 2.19. The van der Waals surface area contributed by atoms with Crippen LogP contribution in [-0.4, -0.2) is 11.6 Å². The van der Waals surface area contributed by atoms with Crippen LogP contribution in [0.2, 0.25) is 0 Å². The lowest BCUT2D eigenvalue weighted by Crippen LogP contribution is -2.23. The van der Waals surface area contributed by atoms with E-state index in [1.54, 1.807) is 0 Å². The van der Waals surface area contributed by atoms with E-state index < -0.39 is 5.60 Å². The zero-order chi connectivity index (χ0) is 7.61. The highest BCUT2D eigenvalue weighted by atomic mass is 16.6. The van der Waals surface area contributed by atoms with Gasteiger partial charge in [0, 0.05) is 6.92 Å². The number of hydrogen-bond donors (Lipinski definition) is 0. The number of esters is 1. The molecule has 0 atom stereocenters. The molecule has 0 heterocycles. The quantitative estimate of drug-likeness (QED) is 0.512. The molecule has 0 unspecified atom stereocenters. The molecule has 0 aromatic rings. The Morgan fingerprint density at radius 1 is 1.40 bits per heavy atom. The SMILES string of the molecule is CC(=O)OC1(C)C=CC=C1. The maximum absolute atomic E-state index is 10.5. The van der Waals surface area contributed by atoms with Crippen molar-refractivity contribution >= 4 is 5.97 Å². The average Bonchev–Trinajstić information content (AvgIpc) is 2.12. The number of ether oxygens (including phenoxy) is 1. The zero-order valence-electron chi connectivity index (χ0n) is 6.13. The summed E-state index contributed by atoms with van der Waals surface area (Å²) in [5.74, 6) is -0.251. The third kappa shape index (κ3) is 1.47. The molecule has 0 spiro atoms. The molecule has 0 aromatic heterocycles. The molecule has 0 N–H and O–H groups in total. The number of carbonyl (C=O) groups excluding carboxylic acids is 1. The Hall–Kier alpha value is -1.05. The second kappa shape index (κ2) is 2.29. The van der Waals surface area contributed by atoms with Gasteiger partial charge >= 0.3 is 5.97 Å². The van der Waals surface area contributed by atoms with Crippen molar-refractivity contribution in [2.75, 3.05) is 0 Å². The molecule has 1 aliphatic carbocycles. The van der Waals surface area contributed by atoms with E-state index in [9.17, 15) is 4.79 Å². The molecule has 0 fully saturated rings. The molecule has 1 aliphatic rings. The van der Waals surface area contributed by atoms with Gasteiger partial charge in [-0.2, -0.15) is 0 Å². The van der Waals surface area contributed by atoms with E-state index in [2.05, 4.69) is 0 Å². The van der Waals surface area contributed by atoms with Crippen LogP contribution < -0.4 is 0 Å². The summed E-state index contributed by atoms with van der Waals surface area (Å²) in [5, 5.41) is 0. The Bertz CT molecular complexity index is 189. The largest absolute Gasteiger partial charge is 0.451 e. The third-order valence-electron chi connectivity index (χ3n) is 1.33. The van der Waals surface area contributed by atoms with Gasteiger partial charge in [-0.15, -0.1) is 0 Å². The first-order valence-corrected chi connectivity index (χ1v) is 3.19. The van der Waals surface area contributed by atoms with E-state index in [0.29, 0.717) is 0 Å². The summed E-state index contributed by atoms with van der Waals surface area (Å²) in [6.07, 6.45) is 7.41. The smallest absolute Gasteiger partial charge is 0.303 e. The van der Waals surface area contributed by atoms with E-state index in [-0.39, 0.29) is 5.97 Å². The van der Waals surface area contributed by atoms with Crippen LogP contribution in [0.5, 0.6) is 0 Å². The van der Waals surface area contributed by atoms with Crippen molar-refractivity contribution in [3.8, 4) is 0 Å². The molecule has 2 heteroatoms. The van der Waals surface area contributed by atoms with E-state index in [1.807, 2.05) is 31.2 Å². The minimum atomic E-state index is -0.494. The van der Waals surface area contributed by atoms with Gasteiger partial charge < -0.3 is 4.74 Å². The summed E-state index contributed by atoms with van der Waals surface area (Å²) in [7, 11) is 0. The van der Waals surface area contributed by atoms with Gasteiger partial charge in [0.25, 0.3) is 0 Å². The fraction of sp³-hybridized carbons (Fsp3) is 0.375. The van der Waals surface area contributed by atoms with Gasteiger partial charge in [-0.05, 0) is 19.1 Å². The Morgan fingerprint density at radius 2 is 1.90 bits per heavy atom. The van der Waals surface area contributed by atoms with Crippen LogP contribution in [0.1, 0.15) is 13.8 Å². The normalized spacial score (nSPS) is 19.4. The van der Waals surface area contributed by atoms with Crippen LogP contribution in [0.3, 0.4) is 0 Å². The first-order valence-electron chi connectivity index (χ1n) is 3.19. The minimum absolute atomic E-state index is 0.251. The summed E-state index contributed by atoms with van der Waals surface area (Å²) in [4.78, 5) is 10.5. The van der Waals surface area contributed by atoms with Gasteiger partial charge in [0.1, 0.15) is 5.60 Å². The summed E-state index contributed by atoms with van der Waals surface area (Å²) in [6.45, 7) is 3.25. The van der Waals surface area contributed by atoms with Crippen LogP contribution in [-0.2, 0) is 9.53 Å². The van der Waals surface area contributed by atoms with E-state index in [4.69, 9.17) is 4.74 Å². The topological polar surface area (TPSA) is 26.3 Å². The van der Waals surface area contributed by atoms with Crippen molar-refractivity contribution in [1.29, 1.82) is 0 Å². The summed E-state index contributed by atoms with van der Waals surface area (Å²) in [5.41, 5.74) is -0.494. The molecule has 0 saturated heterocycles.